The van der Waals surface area contributed by atoms with Gasteiger partial charge in [-0.2, -0.15) is 13.2 Å². The van der Waals surface area contributed by atoms with E-state index < -0.39 is 45.2 Å². The van der Waals surface area contributed by atoms with Crippen LogP contribution in [0.3, 0.4) is 0 Å². The van der Waals surface area contributed by atoms with E-state index in [0.717, 1.165) is 23.6 Å². The van der Waals surface area contributed by atoms with E-state index in [-0.39, 0.29) is 0 Å². The first-order chi connectivity index (χ1) is 14.0. The molecule has 1 atom stereocenters. The van der Waals surface area contributed by atoms with Crippen LogP contribution >= 0.6 is 0 Å². The number of halogens is 3. The predicted molar refractivity (Wildman–Crippen MR) is 104 cm³/mol. The van der Waals surface area contributed by atoms with Crippen LogP contribution in [0.1, 0.15) is 24.3 Å². The molecule has 2 aromatic carbocycles. The lowest BCUT2D eigenvalue weighted by molar-refractivity contribution is -0.137. The number of carbonyl (C=O) groups excluding carboxylic acids is 1. The van der Waals surface area contributed by atoms with E-state index in [1.165, 1.54) is 11.9 Å². The van der Waals surface area contributed by atoms with Crippen molar-refractivity contribution in [3.05, 3.63) is 65.9 Å². The number of nitrogens with one attached hydrogen (secondary N) is 1. The Balaban J connectivity index is 1.69. The SMILES string of the molecule is CC(c1cc2ccccc2o1)N(C)C(=O)CNS(=O)(=O)c1cccc(C(F)(F)F)c1. The van der Waals surface area contributed by atoms with Gasteiger partial charge in [-0.1, -0.05) is 24.3 Å². The number of likely N-dealkylation sites (N-methyl/N-ethyl adjacent to an activating group) is 1. The van der Waals surface area contributed by atoms with Crippen molar-refractivity contribution in [1.82, 2.24) is 9.62 Å². The summed E-state index contributed by atoms with van der Waals surface area (Å²) in [4.78, 5) is 13.2. The van der Waals surface area contributed by atoms with Gasteiger partial charge in [-0.25, -0.2) is 13.1 Å². The third kappa shape index (κ3) is 4.65. The van der Waals surface area contributed by atoms with Crippen molar-refractivity contribution in [2.45, 2.75) is 24.0 Å². The second-order valence-electron chi connectivity index (χ2n) is 6.72. The maximum atomic E-state index is 12.8. The van der Waals surface area contributed by atoms with Crippen LogP contribution in [0, 0.1) is 0 Å². The van der Waals surface area contributed by atoms with E-state index in [0.29, 0.717) is 17.4 Å². The zero-order valence-electron chi connectivity index (χ0n) is 16.1. The van der Waals surface area contributed by atoms with Crippen molar-refractivity contribution >= 4 is 26.9 Å². The summed E-state index contributed by atoms with van der Waals surface area (Å²) in [6.07, 6.45) is -4.68. The smallest absolute Gasteiger partial charge is 0.416 e. The number of hydrogen-bond acceptors (Lipinski definition) is 4. The summed E-state index contributed by atoms with van der Waals surface area (Å²) in [6.45, 7) is 1.11. The minimum atomic E-state index is -4.68. The number of fused-ring (bicyclic) bond motifs is 1. The first kappa shape index (κ1) is 21.8. The maximum Gasteiger partial charge on any atom is 0.416 e. The second-order valence-corrected chi connectivity index (χ2v) is 8.48. The summed E-state index contributed by atoms with van der Waals surface area (Å²) in [7, 11) is -2.82. The summed E-state index contributed by atoms with van der Waals surface area (Å²) in [5.41, 5.74) is -0.433. The Labute approximate surface area is 171 Å². The van der Waals surface area contributed by atoms with Gasteiger partial charge < -0.3 is 9.32 Å². The van der Waals surface area contributed by atoms with Crippen molar-refractivity contribution in [1.29, 1.82) is 0 Å². The molecular formula is C20H19F3N2O4S. The Bertz CT molecular complexity index is 1140. The fourth-order valence-electron chi connectivity index (χ4n) is 2.82. The van der Waals surface area contributed by atoms with Gasteiger partial charge >= 0.3 is 6.18 Å². The van der Waals surface area contributed by atoms with Gasteiger partial charge in [-0.15, -0.1) is 0 Å². The third-order valence-electron chi connectivity index (χ3n) is 4.72. The molecule has 1 unspecified atom stereocenters. The van der Waals surface area contributed by atoms with Gasteiger partial charge in [0.1, 0.15) is 11.3 Å². The number of para-hydroxylation sites is 1. The largest absolute Gasteiger partial charge is 0.459 e. The molecular weight excluding hydrogens is 421 g/mol. The fraction of sp³-hybridized carbons (Fsp3) is 0.250. The fourth-order valence-corrected chi connectivity index (χ4v) is 3.84. The highest BCUT2D eigenvalue weighted by Crippen LogP contribution is 2.30. The number of hydrogen-bond donors (Lipinski definition) is 1. The van der Waals surface area contributed by atoms with E-state index in [2.05, 4.69) is 4.72 Å². The molecule has 0 aliphatic carbocycles. The third-order valence-corrected chi connectivity index (χ3v) is 6.11. The quantitative estimate of drug-likeness (QED) is 0.630. The number of alkyl halides is 3. The molecule has 3 aromatic rings. The number of carbonyl (C=O) groups is 1. The number of furan rings is 1. The van der Waals surface area contributed by atoms with E-state index in [1.54, 1.807) is 19.1 Å². The standard InChI is InChI=1S/C20H19F3N2O4S/c1-13(18-10-14-6-3-4-9-17(14)29-18)25(2)19(26)12-24-30(27,28)16-8-5-7-15(11-16)20(21,22)23/h3-11,13,24H,12H2,1-2H3. The molecule has 10 heteroatoms. The van der Waals surface area contributed by atoms with Crippen molar-refractivity contribution in [2.24, 2.45) is 0 Å². The number of amides is 1. The molecule has 1 amide bonds. The molecule has 1 heterocycles. The molecule has 0 spiro atoms. The van der Waals surface area contributed by atoms with E-state index in [9.17, 15) is 26.4 Å². The van der Waals surface area contributed by atoms with Gasteiger partial charge in [-0.3, -0.25) is 4.79 Å². The Kier molecular flexibility index (Phi) is 5.91. The Hall–Kier alpha value is -2.85. The summed E-state index contributed by atoms with van der Waals surface area (Å²) >= 11 is 0. The highest BCUT2D eigenvalue weighted by molar-refractivity contribution is 7.89. The van der Waals surface area contributed by atoms with Crippen molar-refractivity contribution in [3.8, 4) is 0 Å². The zero-order valence-corrected chi connectivity index (χ0v) is 16.9. The monoisotopic (exact) mass is 440 g/mol. The molecule has 1 aromatic heterocycles. The first-order valence-electron chi connectivity index (χ1n) is 8.90. The van der Waals surface area contributed by atoms with Crippen molar-refractivity contribution in [2.75, 3.05) is 13.6 Å². The van der Waals surface area contributed by atoms with Crippen molar-refractivity contribution < 1.29 is 30.8 Å². The summed E-state index contributed by atoms with van der Waals surface area (Å²) < 4.78 is 70.9. The molecule has 30 heavy (non-hydrogen) atoms. The maximum absolute atomic E-state index is 12.8. The number of rotatable bonds is 6. The first-order valence-corrected chi connectivity index (χ1v) is 10.4. The Morgan fingerprint density at radius 1 is 1.13 bits per heavy atom. The lowest BCUT2D eigenvalue weighted by atomic mass is 10.2. The van der Waals surface area contributed by atoms with Gasteiger partial charge in [0.05, 0.1) is 23.0 Å². The Morgan fingerprint density at radius 2 is 1.83 bits per heavy atom. The van der Waals surface area contributed by atoms with Crippen LogP contribution in [-0.2, 0) is 21.0 Å². The van der Waals surface area contributed by atoms with Crippen LogP contribution in [-0.4, -0.2) is 32.8 Å². The summed E-state index contributed by atoms with van der Waals surface area (Å²) in [6, 6.07) is 11.9. The second kappa shape index (κ2) is 8.11. The molecule has 0 saturated carbocycles. The molecule has 6 nitrogen and oxygen atoms in total. The molecule has 3 rings (SSSR count). The molecule has 0 fully saturated rings. The number of benzene rings is 2. The average Bonchev–Trinajstić information content (AvgIpc) is 3.14. The van der Waals surface area contributed by atoms with Crippen LogP contribution in [0.15, 0.2) is 63.9 Å². The van der Waals surface area contributed by atoms with Crippen LogP contribution in [0.5, 0.6) is 0 Å². The topological polar surface area (TPSA) is 79.6 Å². The number of nitrogens with zero attached hydrogens (tertiary/aromatic N) is 1. The lowest BCUT2D eigenvalue weighted by Crippen LogP contribution is -2.39. The summed E-state index contributed by atoms with van der Waals surface area (Å²) in [5, 5.41) is 0.866. The highest BCUT2D eigenvalue weighted by atomic mass is 32.2. The molecule has 160 valence electrons. The zero-order chi connectivity index (χ0) is 22.1. The minimum absolute atomic E-state index is 0.483. The lowest BCUT2D eigenvalue weighted by Gasteiger charge is -2.23. The van der Waals surface area contributed by atoms with Crippen LogP contribution in [0.2, 0.25) is 0 Å². The van der Waals surface area contributed by atoms with Crippen LogP contribution in [0.25, 0.3) is 11.0 Å². The number of sulfonamides is 1. The van der Waals surface area contributed by atoms with Gasteiger partial charge in [0.2, 0.25) is 15.9 Å². The van der Waals surface area contributed by atoms with E-state index >= 15 is 0 Å². The van der Waals surface area contributed by atoms with Gasteiger partial charge in [0.25, 0.3) is 0 Å². The van der Waals surface area contributed by atoms with Crippen molar-refractivity contribution in [3.63, 3.8) is 0 Å². The van der Waals surface area contributed by atoms with Gasteiger partial charge in [0, 0.05) is 12.4 Å². The summed E-state index contributed by atoms with van der Waals surface area (Å²) in [5.74, 6) is -0.0497. The molecule has 0 aliphatic heterocycles. The average molecular weight is 440 g/mol. The molecule has 0 aliphatic rings. The highest BCUT2D eigenvalue weighted by Gasteiger charge is 2.32. The Morgan fingerprint density at radius 3 is 2.50 bits per heavy atom. The van der Waals surface area contributed by atoms with E-state index in [4.69, 9.17) is 4.42 Å². The minimum Gasteiger partial charge on any atom is -0.459 e. The predicted octanol–water partition coefficient (Wildman–Crippen LogP) is 3.95. The molecule has 0 bridgehead atoms. The van der Waals surface area contributed by atoms with E-state index in [1.807, 2.05) is 18.2 Å². The van der Waals surface area contributed by atoms with Gasteiger partial charge in [-0.05, 0) is 37.3 Å². The molecule has 0 saturated heterocycles. The van der Waals surface area contributed by atoms with Crippen LogP contribution < -0.4 is 4.72 Å². The molecule has 1 N–H and O–H groups in total. The molecule has 0 radical (unpaired) electrons. The normalized spacial score (nSPS) is 13.4. The van der Waals surface area contributed by atoms with Gasteiger partial charge in [0.15, 0.2) is 0 Å². The van der Waals surface area contributed by atoms with Crippen LogP contribution in [0.4, 0.5) is 13.2 Å².